The van der Waals surface area contributed by atoms with Crippen molar-refractivity contribution >= 4 is 12.1 Å². The molecule has 2 aromatic carbocycles. The van der Waals surface area contributed by atoms with Gasteiger partial charge in [-0.2, -0.15) is 5.10 Å². The summed E-state index contributed by atoms with van der Waals surface area (Å²) < 4.78 is 5.75. The lowest BCUT2D eigenvalue weighted by Gasteiger charge is -2.07. The van der Waals surface area contributed by atoms with Crippen LogP contribution in [0.1, 0.15) is 25.0 Å². The minimum Gasteiger partial charge on any atom is -0.489 e. The fourth-order valence-electron chi connectivity index (χ4n) is 1.73. The molecule has 0 aliphatic rings. The number of nitrogens with one attached hydrogen (secondary N) is 1. The molecule has 0 heterocycles. The number of carbonyl (C=O) groups excluding carboxylic acids is 1. The Hall–Kier alpha value is -2.62. The fraction of sp³-hybridized carbons (Fsp3) is 0.222. The van der Waals surface area contributed by atoms with Crippen molar-refractivity contribution in [2.24, 2.45) is 11.0 Å². The summed E-state index contributed by atoms with van der Waals surface area (Å²) in [6.45, 7) is 4.16. The van der Waals surface area contributed by atoms with Gasteiger partial charge in [-0.1, -0.05) is 56.3 Å². The second-order valence-corrected chi connectivity index (χ2v) is 5.24. The number of amides is 1. The molecule has 0 saturated heterocycles. The van der Waals surface area contributed by atoms with Crippen LogP contribution in [0.5, 0.6) is 5.75 Å². The van der Waals surface area contributed by atoms with E-state index in [1.807, 2.05) is 68.4 Å². The summed E-state index contributed by atoms with van der Waals surface area (Å²) in [4.78, 5) is 11.4. The topological polar surface area (TPSA) is 50.7 Å². The molecule has 2 rings (SSSR count). The van der Waals surface area contributed by atoms with Crippen molar-refractivity contribution in [3.63, 3.8) is 0 Å². The molecular formula is C18H20N2O2. The summed E-state index contributed by atoms with van der Waals surface area (Å²) in [5.41, 5.74) is 4.48. The van der Waals surface area contributed by atoms with E-state index in [9.17, 15) is 4.79 Å². The van der Waals surface area contributed by atoms with E-state index in [1.165, 1.54) is 0 Å². The Labute approximate surface area is 130 Å². The summed E-state index contributed by atoms with van der Waals surface area (Å²) in [6, 6.07) is 17.6. The van der Waals surface area contributed by atoms with Crippen molar-refractivity contribution in [1.29, 1.82) is 0 Å². The van der Waals surface area contributed by atoms with Gasteiger partial charge in [0.2, 0.25) is 5.91 Å². The van der Waals surface area contributed by atoms with Crippen molar-refractivity contribution in [1.82, 2.24) is 5.43 Å². The average molecular weight is 296 g/mol. The van der Waals surface area contributed by atoms with Crippen molar-refractivity contribution in [3.8, 4) is 5.75 Å². The molecular weight excluding hydrogens is 276 g/mol. The second-order valence-electron chi connectivity index (χ2n) is 5.24. The van der Waals surface area contributed by atoms with Crippen LogP contribution in [0.15, 0.2) is 59.7 Å². The highest BCUT2D eigenvalue weighted by molar-refractivity contribution is 5.83. The third-order valence-electron chi connectivity index (χ3n) is 3.02. The summed E-state index contributed by atoms with van der Waals surface area (Å²) in [6.07, 6.45) is 1.61. The third kappa shape index (κ3) is 5.05. The van der Waals surface area contributed by atoms with Gasteiger partial charge in [-0.15, -0.1) is 0 Å². The van der Waals surface area contributed by atoms with Crippen LogP contribution >= 0.6 is 0 Å². The molecule has 0 unspecified atom stereocenters. The van der Waals surface area contributed by atoms with E-state index in [4.69, 9.17) is 4.74 Å². The Morgan fingerprint density at radius 3 is 2.68 bits per heavy atom. The zero-order valence-electron chi connectivity index (χ0n) is 12.8. The van der Waals surface area contributed by atoms with Crippen LogP contribution in [0, 0.1) is 5.92 Å². The highest BCUT2D eigenvalue weighted by Gasteiger charge is 2.03. The van der Waals surface area contributed by atoms with E-state index in [0.29, 0.717) is 6.61 Å². The lowest BCUT2D eigenvalue weighted by molar-refractivity contribution is -0.123. The van der Waals surface area contributed by atoms with Crippen LogP contribution in [-0.2, 0) is 11.4 Å². The van der Waals surface area contributed by atoms with Crippen molar-refractivity contribution in [2.75, 3.05) is 0 Å². The molecule has 1 N–H and O–H groups in total. The normalized spacial score (nSPS) is 10.9. The molecule has 0 saturated carbocycles. The Bertz CT molecular complexity index is 637. The number of hydrazone groups is 1. The quantitative estimate of drug-likeness (QED) is 0.656. The van der Waals surface area contributed by atoms with Crippen molar-refractivity contribution in [3.05, 3.63) is 65.7 Å². The Morgan fingerprint density at radius 1 is 1.18 bits per heavy atom. The van der Waals surface area contributed by atoms with E-state index in [-0.39, 0.29) is 11.8 Å². The molecule has 22 heavy (non-hydrogen) atoms. The van der Waals surface area contributed by atoms with E-state index in [2.05, 4.69) is 10.5 Å². The molecule has 0 radical (unpaired) electrons. The smallest absolute Gasteiger partial charge is 0.242 e. The highest BCUT2D eigenvalue weighted by atomic mass is 16.5. The summed E-state index contributed by atoms with van der Waals surface area (Å²) in [7, 11) is 0. The van der Waals surface area contributed by atoms with E-state index in [0.717, 1.165) is 16.9 Å². The SMILES string of the molecule is CC(C)C(=O)N/N=C\c1cccc(OCc2ccccc2)c1. The number of benzene rings is 2. The largest absolute Gasteiger partial charge is 0.489 e. The third-order valence-corrected chi connectivity index (χ3v) is 3.02. The van der Waals surface area contributed by atoms with Gasteiger partial charge < -0.3 is 4.74 Å². The molecule has 0 aliphatic carbocycles. The fourth-order valence-corrected chi connectivity index (χ4v) is 1.73. The first-order chi connectivity index (χ1) is 10.6. The van der Waals surface area contributed by atoms with Gasteiger partial charge in [0.15, 0.2) is 0 Å². The Morgan fingerprint density at radius 2 is 1.95 bits per heavy atom. The molecule has 0 atom stereocenters. The standard InChI is InChI=1S/C18H20N2O2/c1-14(2)18(21)20-19-12-16-9-6-10-17(11-16)22-13-15-7-4-3-5-8-15/h3-12,14H,13H2,1-2H3,(H,20,21)/b19-12-. The molecule has 0 fully saturated rings. The number of rotatable bonds is 6. The van der Waals surface area contributed by atoms with Crippen LogP contribution in [0.4, 0.5) is 0 Å². The molecule has 0 spiro atoms. The van der Waals surface area contributed by atoms with Crippen LogP contribution < -0.4 is 10.2 Å². The van der Waals surface area contributed by atoms with E-state index < -0.39 is 0 Å². The van der Waals surface area contributed by atoms with Gasteiger partial charge in [0.1, 0.15) is 12.4 Å². The maximum Gasteiger partial charge on any atom is 0.242 e. The van der Waals surface area contributed by atoms with Gasteiger partial charge in [0.05, 0.1) is 6.21 Å². The predicted octanol–water partition coefficient (Wildman–Crippen LogP) is 3.37. The zero-order valence-corrected chi connectivity index (χ0v) is 12.8. The van der Waals surface area contributed by atoms with Crippen LogP contribution in [-0.4, -0.2) is 12.1 Å². The molecule has 1 amide bonds. The number of carbonyl (C=O) groups is 1. The lowest BCUT2D eigenvalue weighted by Crippen LogP contribution is -2.22. The highest BCUT2D eigenvalue weighted by Crippen LogP contribution is 2.14. The zero-order chi connectivity index (χ0) is 15.8. The van der Waals surface area contributed by atoms with Gasteiger partial charge in [-0.25, -0.2) is 5.43 Å². The molecule has 0 aliphatic heterocycles. The maximum atomic E-state index is 11.4. The van der Waals surface area contributed by atoms with Crippen LogP contribution in [0.2, 0.25) is 0 Å². The number of hydrogen-bond acceptors (Lipinski definition) is 3. The first-order valence-electron chi connectivity index (χ1n) is 7.25. The summed E-state index contributed by atoms with van der Waals surface area (Å²) in [5, 5.41) is 3.94. The van der Waals surface area contributed by atoms with Gasteiger partial charge >= 0.3 is 0 Å². The Kier molecular flexibility index (Phi) is 5.72. The molecule has 0 bridgehead atoms. The minimum atomic E-state index is -0.104. The lowest BCUT2D eigenvalue weighted by atomic mass is 10.2. The molecule has 4 nitrogen and oxygen atoms in total. The number of ether oxygens (including phenoxy) is 1. The van der Waals surface area contributed by atoms with Crippen molar-refractivity contribution in [2.45, 2.75) is 20.5 Å². The Balaban J connectivity index is 1.92. The van der Waals surface area contributed by atoms with Crippen molar-refractivity contribution < 1.29 is 9.53 Å². The first kappa shape index (κ1) is 15.8. The minimum absolute atomic E-state index is 0.0855. The van der Waals surface area contributed by atoms with E-state index >= 15 is 0 Å². The van der Waals surface area contributed by atoms with Crippen LogP contribution in [0.3, 0.4) is 0 Å². The predicted molar refractivity (Wildman–Crippen MR) is 87.8 cm³/mol. The molecule has 2 aromatic rings. The monoisotopic (exact) mass is 296 g/mol. The maximum absolute atomic E-state index is 11.4. The number of nitrogens with zero attached hydrogens (tertiary/aromatic N) is 1. The summed E-state index contributed by atoms with van der Waals surface area (Å²) >= 11 is 0. The van der Waals surface area contributed by atoms with Gasteiger partial charge in [-0.3, -0.25) is 4.79 Å². The van der Waals surface area contributed by atoms with Crippen LogP contribution in [0.25, 0.3) is 0 Å². The average Bonchev–Trinajstić information content (AvgIpc) is 2.54. The van der Waals surface area contributed by atoms with Gasteiger partial charge in [0.25, 0.3) is 0 Å². The molecule has 114 valence electrons. The molecule has 4 heteroatoms. The van der Waals surface area contributed by atoms with E-state index in [1.54, 1.807) is 6.21 Å². The second kappa shape index (κ2) is 7.98. The summed E-state index contributed by atoms with van der Waals surface area (Å²) in [5.74, 6) is 0.577. The molecule has 0 aromatic heterocycles. The number of hydrogen-bond donors (Lipinski definition) is 1. The first-order valence-corrected chi connectivity index (χ1v) is 7.25. The van der Waals surface area contributed by atoms with Gasteiger partial charge in [0, 0.05) is 5.92 Å². The van der Waals surface area contributed by atoms with Gasteiger partial charge in [-0.05, 0) is 23.3 Å².